The lowest BCUT2D eigenvalue weighted by molar-refractivity contribution is -0.118. The van der Waals surface area contributed by atoms with Crippen LogP contribution in [0.2, 0.25) is 0 Å². The monoisotopic (exact) mass is 174 g/mol. The molecule has 0 heterocycles. The number of carbonyl (C=O) groups excluding carboxylic acids is 1. The molecule has 1 aromatic carbocycles. The number of carbonyl (C=O) groups is 1. The molecule has 1 aromatic rings. The average molecular weight is 174 g/mol. The third-order valence-electron chi connectivity index (χ3n) is 2.90. The Morgan fingerprint density at radius 3 is 2.62 bits per heavy atom. The molecule has 0 radical (unpaired) electrons. The van der Waals surface area contributed by atoms with E-state index in [2.05, 4.69) is 25.1 Å². The lowest BCUT2D eigenvalue weighted by Gasteiger charge is -2.02. The van der Waals surface area contributed by atoms with Gasteiger partial charge in [-0.05, 0) is 37.3 Å². The number of benzene rings is 1. The highest BCUT2D eigenvalue weighted by Crippen LogP contribution is 2.48. The third kappa shape index (κ3) is 1.51. The first kappa shape index (κ1) is 8.49. The summed E-state index contributed by atoms with van der Waals surface area (Å²) in [6.45, 7) is 3.81. The van der Waals surface area contributed by atoms with Gasteiger partial charge in [0, 0.05) is 5.92 Å². The van der Waals surface area contributed by atoms with E-state index in [-0.39, 0.29) is 0 Å². The standard InChI is InChI=1S/C12H14O/c1-8-5-3-4-6-10(8)12-7-11(12)9(2)13/h3-6,11-12H,7H2,1-2H3/t11-,12-/m0/s1. The van der Waals surface area contributed by atoms with Crippen molar-refractivity contribution in [2.24, 2.45) is 5.92 Å². The number of hydrogen-bond acceptors (Lipinski definition) is 1. The van der Waals surface area contributed by atoms with Crippen LogP contribution in [0, 0.1) is 12.8 Å². The van der Waals surface area contributed by atoms with Gasteiger partial charge in [-0.3, -0.25) is 4.79 Å². The van der Waals surface area contributed by atoms with Gasteiger partial charge in [0.15, 0.2) is 0 Å². The summed E-state index contributed by atoms with van der Waals surface area (Å²) in [6, 6.07) is 8.36. The predicted octanol–water partition coefficient (Wildman–Crippen LogP) is 2.69. The maximum Gasteiger partial charge on any atom is 0.133 e. The lowest BCUT2D eigenvalue weighted by Crippen LogP contribution is -1.95. The van der Waals surface area contributed by atoms with Gasteiger partial charge in [0.1, 0.15) is 5.78 Å². The van der Waals surface area contributed by atoms with E-state index in [1.807, 2.05) is 6.07 Å². The molecule has 0 bridgehead atoms. The molecule has 1 nitrogen and oxygen atoms in total. The maximum absolute atomic E-state index is 11.1. The van der Waals surface area contributed by atoms with Crippen LogP contribution in [0.4, 0.5) is 0 Å². The molecular formula is C12H14O. The molecule has 0 saturated heterocycles. The van der Waals surface area contributed by atoms with Crippen molar-refractivity contribution < 1.29 is 4.79 Å². The summed E-state index contributed by atoms with van der Waals surface area (Å²) < 4.78 is 0. The van der Waals surface area contributed by atoms with E-state index in [4.69, 9.17) is 0 Å². The first-order valence-corrected chi connectivity index (χ1v) is 4.76. The first-order valence-electron chi connectivity index (χ1n) is 4.76. The average Bonchev–Trinajstić information content (AvgIpc) is 2.84. The van der Waals surface area contributed by atoms with Gasteiger partial charge in [-0.25, -0.2) is 0 Å². The predicted molar refractivity (Wildman–Crippen MR) is 52.7 cm³/mol. The van der Waals surface area contributed by atoms with Crippen LogP contribution < -0.4 is 0 Å². The van der Waals surface area contributed by atoms with E-state index >= 15 is 0 Å². The summed E-state index contributed by atoms with van der Waals surface area (Å²) in [5.74, 6) is 1.16. The van der Waals surface area contributed by atoms with Crippen LogP contribution >= 0.6 is 0 Å². The molecule has 2 atom stereocenters. The highest BCUT2D eigenvalue weighted by atomic mass is 16.1. The largest absolute Gasteiger partial charge is 0.300 e. The second-order valence-corrected chi connectivity index (χ2v) is 3.92. The van der Waals surface area contributed by atoms with Crippen molar-refractivity contribution in [1.29, 1.82) is 0 Å². The van der Waals surface area contributed by atoms with Crippen LogP contribution in [0.3, 0.4) is 0 Å². The van der Waals surface area contributed by atoms with Crippen molar-refractivity contribution >= 4 is 5.78 Å². The quantitative estimate of drug-likeness (QED) is 0.673. The highest BCUT2D eigenvalue weighted by molar-refractivity contribution is 5.82. The molecule has 0 spiro atoms. The van der Waals surface area contributed by atoms with Gasteiger partial charge >= 0.3 is 0 Å². The van der Waals surface area contributed by atoms with Crippen molar-refractivity contribution in [3.8, 4) is 0 Å². The minimum atomic E-state index is 0.307. The zero-order valence-electron chi connectivity index (χ0n) is 8.08. The van der Waals surface area contributed by atoms with E-state index in [1.54, 1.807) is 6.92 Å². The van der Waals surface area contributed by atoms with Gasteiger partial charge in [-0.1, -0.05) is 24.3 Å². The second kappa shape index (κ2) is 2.99. The third-order valence-corrected chi connectivity index (χ3v) is 2.90. The summed E-state index contributed by atoms with van der Waals surface area (Å²) in [7, 11) is 0. The van der Waals surface area contributed by atoms with Crippen molar-refractivity contribution in [3.63, 3.8) is 0 Å². The normalized spacial score (nSPS) is 25.7. The molecule has 1 fully saturated rings. The summed E-state index contributed by atoms with van der Waals surface area (Å²) in [5.41, 5.74) is 2.68. The Kier molecular flexibility index (Phi) is 1.95. The number of hydrogen-bond donors (Lipinski definition) is 0. The molecule has 1 aliphatic rings. The molecular weight excluding hydrogens is 160 g/mol. The molecule has 13 heavy (non-hydrogen) atoms. The van der Waals surface area contributed by atoms with E-state index in [0.29, 0.717) is 17.6 Å². The second-order valence-electron chi connectivity index (χ2n) is 3.92. The van der Waals surface area contributed by atoms with Gasteiger partial charge in [0.25, 0.3) is 0 Å². The van der Waals surface area contributed by atoms with Crippen LogP contribution in [0.1, 0.15) is 30.4 Å². The zero-order chi connectivity index (χ0) is 9.42. The fraction of sp³-hybridized carbons (Fsp3) is 0.417. The first-order chi connectivity index (χ1) is 6.20. The van der Waals surface area contributed by atoms with Crippen LogP contribution in [0.25, 0.3) is 0 Å². The number of aryl methyl sites for hydroxylation is 1. The number of Topliss-reactive ketones (excluding diaryl/α,β-unsaturated/α-hetero) is 1. The van der Waals surface area contributed by atoms with Gasteiger partial charge in [0.05, 0.1) is 0 Å². The minimum absolute atomic E-state index is 0.307. The Balaban J connectivity index is 2.21. The Morgan fingerprint density at radius 2 is 2.08 bits per heavy atom. The van der Waals surface area contributed by atoms with E-state index in [0.717, 1.165) is 6.42 Å². The van der Waals surface area contributed by atoms with E-state index in [1.165, 1.54) is 11.1 Å². The molecule has 1 aliphatic carbocycles. The van der Waals surface area contributed by atoms with Crippen molar-refractivity contribution in [2.45, 2.75) is 26.2 Å². The van der Waals surface area contributed by atoms with Crippen molar-refractivity contribution in [3.05, 3.63) is 35.4 Å². The smallest absolute Gasteiger partial charge is 0.133 e. The zero-order valence-corrected chi connectivity index (χ0v) is 8.08. The van der Waals surface area contributed by atoms with E-state index in [9.17, 15) is 4.79 Å². The fourth-order valence-electron chi connectivity index (χ4n) is 1.99. The Morgan fingerprint density at radius 1 is 1.38 bits per heavy atom. The fourth-order valence-corrected chi connectivity index (χ4v) is 1.99. The van der Waals surface area contributed by atoms with Crippen LogP contribution in [-0.2, 0) is 4.79 Å². The molecule has 0 unspecified atom stereocenters. The molecule has 1 heteroatoms. The maximum atomic E-state index is 11.1. The van der Waals surface area contributed by atoms with Gasteiger partial charge < -0.3 is 0 Å². The molecule has 1 saturated carbocycles. The lowest BCUT2D eigenvalue weighted by atomic mass is 10.0. The molecule has 68 valence electrons. The summed E-state index contributed by atoms with van der Waals surface area (Å²) in [5, 5.41) is 0. The summed E-state index contributed by atoms with van der Waals surface area (Å²) in [6.07, 6.45) is 1.06. The number of rotatable bonds is 2. The summed E-state index contributed by atoms with van der Waals surface area (Å²) in [4.78, 5) is 11.1. The molecule has 0 amide bonds. The SMILES string of the molecule is CC(=O)[C@@H]1C[C@H]1c1ccccc1C. The van der Waals surface area contributed by atoms with Crippen LogP contribution in [0.15, 0.2) is 24.3 Å². The topological polar surface area (TPSA) is 17.1 Å². The highest BCUT2D eigenvalue weighted by Gasteiger charge is 2.42. The van der Waals surface area contributed by atoms with Crippen molar-refractivity contribution in [2.75, 3.05) is 0 Å². The van der Waals surface area contributed by atoms with E-state index < -0.39 is 0 Å². The molecule has 2 rings (SSSR count). The van der Waals surface area contributed by atoms with Crippen molar-refractivity contribution in [1.82, 2.24) is 0 Å². The van der Waals surface area contributed by atoms with Crippen LogP contribution in [0.5, 0.6) is 0 Å². The summed E-state index contributed by atoms with van der Waals surface area (Å²) >= 11 is 0. The Labute approximate surface area is 78.8 Å². The van der Waals surface area contributed by atoms with Crippen LogP contribution in [-0.4, -0.2) is 5.78 Å². The van der Waals surface area contributed by atoms with Gasteiger partial charge in [-0.2, -0.15) is 0 Å². The van der Waals surface area contributed by atoms with Gasteiger partial charge in [0.2, 0.25) is 0 Å². The Hall–Kier alpha value is -1.11. The number of ketones is 1. The van der Waals surface area contributed by atoms with Gasteiger partial charge in [-0.15, -0.1) is 0 Å². The minimum Gasteiger partial charge on any atom is -0.300 e. The molecule has 0 aromatic heterocycles. The molecule has 0 aliphatic heterocycles. The molecule has 0 N–H and O–H groups in total. The Bertz CT molecular complexity index is 341.